The van der Waals surface area contributed by atoms with Crippen molar-refractivity contribution in [2.75, 3.05) is 50.5 Å². The first-order chi connectivity index (χ1) is 16.0. The summed E-state index contributed by atoms with van der Waals surface area (Å²) in [4.78, 5) is 7.46. The van der Waals surface area contributed by atoms with Crippen LogP contribution in [0, 0.1) is 0 Å². The number of nitrogens with zero attached hydrogens (tertiary/aromatic N) is 2. The highest BCUT2D eigenvalue weighted by atomic mass is 35.5. The molecule has 0 spiro atoms. The molecule has 1 unspecified atom stereocenters. The van der Waals surface area contributed by atoms with Crippen molar-refractivity contribution >= 4 is 44.8 Å². The van der Waals surface area contributed by atoms with Gasteiger partial charge >= 0.3 is 0 Å². The molecule has 0 amide bonds. The maximum absolute atomic E-state index is 6.34. The van der Waals surface area contributed by atoms with Gasteiger partial charge in [-0.05, 0) is 70.1 Å². The first-order valence-electron chi connectivity index (χ1n) is 12.0. The number of methoxy groups -OCH3 is 1. The van der Waals surface area contributed by atoms with Gasteiger partial charge in [-0.25, -0.2) is 4.98 Å². The van der Waals surface area contributed by atoms with Crippen molar-refractivity contribution in [2.45, 2.75) is 46.1 Å². The maximum Gasteiger partial charge on any atom is 0.121 e. The molecule has 0 aliphatic rings. The second-order valence-electron chi connectivity index (χ2n) is 8.50. The Morgan fingerprint density at radius 3 is 2.61 bits per heavy atom. The number of fused-ring (bicyclic) bond motifs is 2. The second-order valence-corrected chi connectivity index (χ2v) is 8.94. The first kappa shape index (κ1) is 25.3. The zero-order valence-corrected chi connectivity index (χ0v) is 21.1. The number of hydrogen-bond acceptors (Lipinski definition) is 6. The summed E-state index contributed by atoms with van der Waals surface area (Å²) < 4.78 is 5.65. The van der Waals surface area contributed by atoms with E-state index < -0.39 is 0 Å². The SMILES string of the molecule is CCN(CC)CCC(C)Nc1c2ccc(Cl)cc2nc2c(NCCCCN)cc(OC)cc12. The van der Waals surface area contributed by atoms with Crippen molar-refractivity contribution in [2.24, 2.45) is 5.73 Å². The number of benzene rings is 2. The standard InChI is InChI=1S/C26H38ClN5O/c1-5-32(6-2)14-11-18(3)30-25-21-10-9-19(27)15-23(21)31-26-22(25)16-20(33-4)17-24(26)29-13-8-7-12-28/h9-10,15-18,29H,5-8,11-14,28H2,1-4H3,(H,30,31). The van der Waals surface area contributed by atoms with E-state index in [9.17, 15) is 0 Å². The summed E-state index contributed by atoms with van der Waals surface area (Å²) >= 11 is 6.34. The molecular weight excluding hydrogens is 434 g/mol. The third kappa shape index (κ3) is 6.40. The van der Waals surface area contributed by atoms with Gasteiger partial charge in [-0.1, -0.05) is 25.4 Å². The van der Waals surface area contributed by atoms with Crippen LogP contribution in [0.4, 0.5) is 11.4 Å². The number of pyridine rings is 1. The predicted molar refractivity (Wildman–Crippen MR) is 143 cm³/mol. The van der Waals surface area contributed by atoms with Crippen LogP contribution >= 0.6 is 11.6 Å². The van der Waals surface area contributed by atoms with E-state index in [1.165, 1.54) is 0 Å². The summed E-state index contributed by atoms with van der Waals surface area (Å²) in [5.41, 5.74) is 9.49. The molecule has 7 heteroatoms. The molecule has 0 aliphatic heterocycles. The Hall–Kier alpha value is -2.28. The summed E-state index contributed by atoms with van der Waals surface area (Å²) in [5, 5.41) is 10.1. The summed E-state index contributed by atoms with van der Waals surface area (Å²) in [6, 6.07) is 10.3. The van der Waals surface area contributed by atoms with Crippen LogP contribution in [-0.2, 0) is 0 Å². The first-order valence-corrected chi connectivity index (χ1v) is 12.4. The third-order valence-corrected chi connectivity index (χ3v) is 6.39. The smallest absolute Gasteiger partial charge is 0.121 e. The van der Waals surface area contributed by atoms with E-state index >= 15 is 0 Å². The molecule has 0 aliphatic carbocycles. The highest BCUT2D eigenvalue weighted by Crippen LogP contribution is 2.38. The molecule has 4 N–H and O–H groups in total. The van der Waals surface area contributed by atoms with Crippen LogP contribution in [0.1, 0.15) is 40.0 Å². The zero-order chi connectivity index (χ0) is 23.8. The van der Waals surface area contributed by atoms with Gasteiger partial charge < -0.3 is 26.0 Å². The summed E-state index contributed by atoms with van der Waals surface area (Å²) in [6.07, 6.45) is 3.04. The molecule has 180 valence electrons. The topological polar surface area (TPSA) is 75.4 Å². The molecule has 1 heterocycles. The fourth-order valence-corrected chi connectivity index (χ4v) is 4.29. The molecule has 0 saturated carbocycles. The maximum atomic E-state index is 6.34. The van der Waals surface area contributed by atoms with Crippen LogP contribution in [-0.4, -0.2) is 55.8 Å². The van der Waals surface area contributed by atoms with Gasteiger partial charge in [0, 0.05) is 41.0 Å². The van der Waals surface area contributed by atoms with Crippen LogP contribution < -0.4 is 21.1 Å². The summed E-state index contributed by atoms with van der Waals surface area (Å²) in [7, 11) is 1.70. The average molecular weight is 472 g/mol. The van der Waals surface area contributed by atoms with Gasteiger partial charge in [0.1, 0.15) is 5.75 Å². The Kier molecular flexibility index (Phi) is 9.41. The lowest BCUT2D eigenvalue weighted by Crippen LogP contribution is -2.28. The van der Waals surface area contributed by atoms with E-state index in [1.807, 2.05) is 18.2 Å². The highest BCUT2D eigenvalue weighted by molar-refractivity contribution is 6.31. The fraction of sp³-hybridized carbons (Fsp3) is 0.500. The molecule has 3 aromatic rings. The molecule has 6 nitrogen and oxygen atoms in total. The van der Waals surface area contributed by atoms with Crippen molar-refractivity contribution in [3.63, 3.8) is 0 Å². The fourth-order valence-electron chi connectivity index (χ4n) is 4.13. The minimum atomic E-state index is 0.294. The number of nitrogens with one attached hydrogen (secondary N) is 2. The molecule has 1 atom stereocenters. The summed E-state index contributed by atoms with van der Waals surface area (Å²) in [6.45, 7) is 11.4. The number of rotatable bonds is 13. The van der Waals surface area contributed by atoms with E-state index in [2.05, 4.69) is 48.4 Å². The van der Waals surface area contributed by atoms with Crippen LogP contribution in [0.15, 0.2) is 30.3 Å². The van der Waals surface area contributed by atoms with Gasteiger partial charge in [0.15, 0.2) is 0 Å². The van der Waals surface area contributed by atoms with Crippen LogP contribution in [0.25, 0.3) is 21.8 Å². The van der Waals surface area contributed by atoms with Crippen LogP contribution in [0.3, 0.4) is 0 Å². The molecule has 3 rings (SSSR count). The lowest BCUT2D eigenvalue weighted by molar-refractivity contribution is 0.295. The molecule has 0 saturated heterocycles. The van der Waals surface area contributed by atoms with Gasteiger partial charge in [0.25, 0.3) is 0 Å². The van der Waals surface area contributed by atoms with Gasteiger partial charge in [-0.15, -0.1) is 0 Å². The normalized spacial score (nSPS) is 12.5. The van der Waals surface area contributed by atoms with Crippen LogP contribution in [0.2, 0.25) is 5.02 Å². The lowest BCUT2D eigenvalue weighted by atomic mass is 10.0. The lowest BCUT2D eigenvalue weighted by Gasteiger charge is -2.23. The molecule has 33 heavy (non-hydrogen) atoms. The van der Waals surface area contributed by atoms with Gasteiger partial charge in [0.2, 0.25) is 0 Å². The molecule has 1 aromatic heterocycles. The Morgan fingerprint density at radius 2 is 1.91 bits per heavy atom. The summed E-state index contributed by atoms with van der Waals surface area (Å²) in [5.74, 6) is 0.804. The number of ether oxygens (including phenoxy) is 1. The van der Waals surface area contributed by atoms with Crippen molar-refractivity contribution < 1.29 is 4.74 Å². The Labute approximate surface area is 202 Å². The van der Waals surface area contributed by atoms with E-state index in [1.54, 1.807) is 7.11 Å². The zero-order valence-electron chi connectivity index (χ0n) is 20.4. The molecule has 0 radical (unpaired) electrons. The van der Waals surface area contributed by atoms with Crippen molar-refractivity contribution in [1.29, 1.82) is 0 Å². The van der Waals surface area contributed by atoms with Gasteiger partial charge in [-0.3, -0.25) is 0 Å². The number of unbranched alkanes of at least 4 members (excludes halogenated alkanes) is 1. The number of hydrogen-bond donors (Lipinski definition) is 3. The van der Waals surface area contributed by atoms with E-state index in [0.717, 1.165) is 84.4 Å². The Bertz CT molecular complexity index is 1050. The number of halogens is 1. The van der Waals surface area contributed by atoms with Crippen molar-refractivity contribution in [3.8, 4) is 5.75 Å². The minimum absolute atomic E-state index is 0.294. The van der Waals surface area contributed by atoms with Gasteiger partial charge in [0.05, 0.1) is 29.5 Å². The van der Waals surface area contributed by atoms with Crippen molar-refractivity contribution in [1.82, 2.24) is 9.88 Å². The van der Waals surface area contributed by atoms with Crippen LogP contribution in [0.5, 0.6) is 5.75 Å². The van der Waals surface area contributed by atoms with E-state index in [-0.39, 0.29) is 0 Å². The Balaban J connectivity index is 2.06. The number of nitrogens with two attached hydrogens (primary N) is 1. The second kappa shape index (κ2) is 12.3. The van der Waals surface area contributed by atoms with Gasteiger partial charge in [-0.2, -0.15) is 0 Å². The molecule has 0 bridgehead atoms. The van der Waals surface area contributed by atoms with E-state index in [0.29, 0.717) is 17.6 Å². The molecule has 2 aromatic carbocycles. The van der Waals surface area contributed by atoms with E-state index in [4.69, 9.17) is 27.1 Å². The molecule has 0 fully saturated rings. The number of aromatic nitrogens is 1. The molecular formula is C26H38ClN5O. The Morgan fingerprint density at radius 1 is 1.12 bits per heavy atom. The largest absolute Gasteiger partial charge is 0.497 e. The quantitative estimate of drug-likeness (QED) is 0.218. The monoisotopic (exact) mass is 471 g/mol. The van der Waals surface area contributed by atoms with Crippen molar-refractivity contribution in [3.05, 3.63) is 35.4 Å². The number of anilines is 2. The average Bonchev–Trinajstić information content (AvgIpc) is 2.82. The highest BCUT2D eigenvalue weighted by Gasteiger charge is 2.16. The third-order valence-electron chi connectivity index (χ3n) is 6.16. The minimum Gasteiger partial charge on any atom is -0.497 e. The predicted octanol–water partition coefficient (Wildman–Crippen LogP) is 5.73.